The van der Waals surface area contributed by atoms with Crippen molar-refractivity contribution in [2.24, 2.45) is 5.73 Å². The SMILES string of the molecule is CCC1(O)C=CC=CC1N. The lowest BCUT2D eigenvalue weighted by Gasteiger charge is -2.29. The van der Waals surface area contributed by atoms with Crippen LogP contribution >= 0.6 is 0 Å². The Morgan fingerprint density at radius 2 is 2.30 bits per heavy atom. The van der Waals surface area contributed by atoms with Crippen molar-refractivity contribution >= 4 is 0 Å². The van der Waals surface area contributed by atoms with Crippen molar-refractivity contribution in [2.45, 2.75) is 25.0 Å². The van der Waals surface area contributed by atoms with Gasteiger partial charge in [-0.25, -0.2) is 0 Å². The zero-order valence-corrected chi connectivity index (χ0v) is 6.12. The molecule has 0 aromatic carbocycles. The second kappa shape index (κ2) is 2.56. The summed E-state index contributed by atoms with van der Waals surface area (Å²) in [5.41, 5.74) is 4.82. The van der Waals surface area contributed by atoms with Crippen molar-refractivity contribution in [1.29, 1.82) is 0 Å². The summed E-state index contributed by atoms with van der Waals surface area (Å²) in [4.78, 5) is 0. The van der Waals surface area contributed by atoms with E-state index in [9.17, 15) is 5.11 Å². The van der Waals surface area contributed by atoms with Crippen LogP contribution in [-0.4, -0.2) is 16.7 Å². The Morgan fingerprint density at radius 3 is 2.70 bits per heavy atom. The van der Waals surface area contributed by atoms with Crippen LogP contribution in [0.25, 0.3) is 0 Å². The topological polar surface area (TPSA) is 46.2 Å². The van der Waals surface area contributed by atoms with Crippen LogP contribution in [0, 0.1) is 0 Å². The molecular weight excluding hydrogens is 126 g/mol. The number of hydrogen-bond donors (Lipinski definition) is 2. The van der Waals surface area contributed by atoms with Gasteiger partial charge in [-0.3, -0.25) is 0 Å². The minimum absolute atomic E-state index is 0.248. The van der Waals surface area contributed by atoms with Crippen LogP contribution in [0.5, 0.6) is 0 Å². The molecule has 56 valence electrons. The lowest BCUT2D eigenvalue weighted by molar-refractivity contribution is 0.0723. The van der Waals surface area contributed by atoms with Crippen LogP contribution < -0.4 is 5.73 Å². The summed E-state index contributed by atoms with van der Waals surface area (Å²) in [6.07, 6.45) is 7.90. The second-order valence-corrected chi connectivity index (χ2v) is 2.61. The Kier molecular flexibility index (Phi) is 1.92. The summed E-state index contributed by atoms with van der Waals surface area (Å²) in [5.74, 6) is 0. The minimum Gasteiger partial charge on any atom is -0.384 e. The number of aliphatic hydroxyl groups is 1. The van der Waals surface area contributed by atoms with E-state index < -0.39 is 5.60 Å². The van der Waals surface area contributed by atoms with E-state index in [4.69, 9.17) is 5.73 Å². The van der Waals surface area contributed by atoms with E-state index >= 15 is 0 Å². The highest BCUT2D eigenvalue weighted by atomic mass is 16.3. The molecule has 2 atom stereocenters. The zero-order valence-electron chi connectivity index (χ0n) is 6.12. The van der Waals surface area contributed by atoms with E-state index in [-0.39, 0.29) is 6.04 Å². The molecule has 0 saturated carbocycles. The maximum atomic E-state index is 9.69. The van der Waals surface area contributed by atoms with Gasteiger partial charge in [0.05, 0.1) is 6.04 Å². The van der Waals surface area contributed by atoms with Crippen LogP contribution in [0.4, 0.5) is 0 Å². The zero-order chi connectivity index (χ0) is 7.61. The third-order valence-corrected chi connectivity index (χ3v) is 1.96. The first kappa shape index (κ1) is 7.51. The van der Waals surface area contributed by atoms with Crippen LogP contribution in [0.3, 0.4) is 0 Å². The maximum absolute atomic E-state index is 9.69. The van der Waals surface area contributed by atoms with Crippen LogP contribution in [0.2, 0.25) is 0 Å². The first-order valence-electron chi connectivity index (χ1n) is 3.53. The third-order valence-electron chi connectivity index (χ3n) is 1.96. The Morgan fingerprint density at radius 1 is 1.60 bits per heavy atom. The lowest BCUT2D eigenvalue weighted by atomic mass is 9.88. The Hall–Kier alpha value is -0.600. The average Bonchev–Trinajstić information content (AvgIpc) is 1.96. The van der Waals surface area contributed by atoms with E-state index in [1.165, 1.54) is 0 Å². The molecule has 1 aliphatic rings. The summed E-state index contributed by atoms with van der Waals surface area (Å²) in [7, 11) is 0. The van der Waals surface area contributed by atoms with E-state index in [1.54, 1.807) is 6.08 Å². The van der Waals surface area contributed by atoms with Crippen molar-refractivity contribution in [3.63, 3.8) is 0 Å². The number of rotatable bonds is 1. The monoisotopic (exact) mass is 139 g/mol. The molecule has 0 radical (unpaired) electrons. The van der Waals surface area contributed by atoms with Crippen molar-refractivity contribution in [3.8, 4) is 0 Å². The molecule has 1 aliphatic carbocycles. The highest BCUT2D eigenvalue weighted by Crippen LogP contribution is 2.19. The Labute approximate surface area is 61.0 Å². The van der Waals surface area contributed by atoms with Crippen LogP contribution in [-0.2, 0) is 0 Å². The molecule has 1 rings (SSSR count). The van der Waals surface area contributed by atoms with E-state index in [0.29, 0.717) is 6.42 Å². The van der Waals surface area contributed by atoms with Gasteiger partial charge in [0.1, 0.15) is 5.60 Å². The first-order valence-corrected chi connectivity index (χ1v) is 3.53. The van der Waals surface area contributed by atoms with Gasteiger partial charge in [-0.05, 0) is 6.42 Å². The average molecular weight is 139 g/mol. The Bertz CT molecular complexity index is 174. The summed E-state index contributed by atoms with van der Waals surface area (Å²) in [6.45, 7) is 1.92. The van der Waals surface area contributed by atoms with Gasteiger partial charge >= 0.3 is 0 Å². The molecule has 0 fully saturated rings. The summed E-state index contributed by atoms with van der Waals surface area (Å²) >= 11 is 0. The fraction of sp³-hybridized carbons (Fsp3) is 0.500. The molecule has 3 N–H and O–H groups in total. The van der Waals surface area contributed by atoms with Gasteiger partial charge in [0.25, 0.3) is 0 Å². The van der Waals surface area contributed by atoms with Gasteiger partial charge in [0.15, 0.2) is 0 Å². The molecule has 0 aromatic rings. The molecule has 10 heavy (non-hydrogen) atoms. The van der Waals surface area contributed by atoms with Gasteiger partial charge in [0, 0.05) is 0 Å². The predicted octanol–water partition coefficient (Wildman–Crippen LogP) is 0.581. The molecule has 0 aliphatic heterocycles. The summed E-state index contributed by atoms with van der Waals surface area (Å²) < 4.78 is 0. The number of allylic oxidation sites excluding steroid dienone is 2. The molecule has 0 aromatic heterocycles. The van der Waals surface area contributed by atoms with Crippen LogP contribution in [0.15, 0.2) is 24.3 Å². The second-order valence-electron chi connectivity index (χ2n) is 2.61. The van der Waals surface area contributed by atoms with Gasteiger partial charge in [-0.1, -0.05) is 31.2 Å². The quantitative estimate of drug-likeness (QED) is 0.558. The Balaban J connectivity index is 2.77. The van der Waals surface area contributed by atoms with Crippen molar-refractivity contribution < 1.29 is 5.11 Å². The van der Waals surface area contributed by atoms with Gasteiger partial charge < -0.3 is 10.8 Å². The van der Waals surface area contributed by atoms with Crippen molar-refractivity contribution in [1.82, 2.24) is 0 Å². The van der Waals surface area contributed by atoms with Crippen molar-refractivity contribution in [3.05, 3.63) is 24.3 Å². The molecule has 0 amide bonds. The van der Waals surface area contributed by atoms with Crippen molar-refractivity contribution in [2.75, 3.05) is 0 Å². The van der Waals surface area contributed by atoms with E-state index in [0.717, 1.165) is 0 Å². The first-order chi connectivity index (χ1) is 4.69. The minimum atomic E-state index is -0.811. The largest absolute Gasteiger partial charge is 0.384 e. The fourth-order valence-electron chi connectivity index (χ4n) is 1.04. The smallest absolute Gasteiger partial charge is 0.101 e. The highest BCUT2D eigenvalue weighted by molar-refractivity contribution is 5.23. The molecule has 0 saturated heterocycles. The normalized spacial score (nSPS) is 38.5. The van der Waals surface area contributed by atoms with Crippen LogP contribution in [0.1, 0.15) is 13.3 Å². The maximum Gasteiger partial charge on any atom is 0.101 e. The standard InChI is InChI=1S/C8H13NO/c1-2-8(10)6-4-3-5-7(8)9/h3-7,10H,2,9H2,1H3. The molecule has 2 unspecified atom stereocenters. The third kappa shape index (κ3) is 1.13. The van der Waals surface area contributed by atoms with E-state index in [1.807, 2.05) is 25.2 Å². The molecule has 0 bridgehead atoms. The predicted molar refractivity (Wildman–Crippen MR) is 41.5 cm³/mol. The summed E-state index contributed by atoms with van der Waals surface area (Å²) in [6, 6.07) is -0.248. The fourth-order valence-corrected chi connectivity index (χ4v) is 1.04. The lowest BCUT2D eigenvalue weighted by Crippen LogP contribution is -2.45. The molecule has 2 heteroatoms. The highest BCUT2D eigenvalue weighted by Gasteiger charge is 2.28. The molecule has 2 nitrogen and oxygen atoms in total. The van der Waals surface area contributed by atoms with Gasteiger partial charge in [-0.15, -0.1) is 0 Å². The van der Waals surface area contributed by atoms with Gasteiger partial charge in [-0.2, -0.15) is 0 Å². The number of hydrogen-bond acceptors (Lipinski definition) is 2. The molecular formula is C8H13NO. The van der Waals surface area contributed by atoms with E-state index in [2.05, 4.69) is 0 Å². The number of nitrogens with two attached hydrogens (primary N) is 1. The summed E-state index contributed by atoms with van der Waals surface area (Å²) in [5, 5.41) is 9.69. The molecule has 0 spiro atoms. The molecule has 0 heterocycles. The van der Waals surface area contributed by atoms with Gasteiger partial charge in [0.2, 0.25) is 0 Å².